The number of hydrogen-bond acceptors (Lipinski definition) is 4. The van der Waals surface area contributed by atoms with Crippen LogP contribution in [0.4, 0.5) is 4.39 Å². The Hall–Kier alpha value is -3.87. The van der Waals surface area contributed by atoms with Gasteiger partial charge < -0.3 is 19.3 Å². The van der Waals surface area contributed by atoms with Gasteiger partial charge >= 0.3 is 0 Å². The van der Waals surface area contributed by atoms with Crippen LogP contribution in [0.5, 0.6) is 11.5 Å². The molecule has 198 valence electrons. The number of ether oxygens (including phenoxy) is 2. The Bertz CT molecular complexity index is 1320. The standard InChI is InChI=1S/C31H33FN2O4/c1-33-29(22-11-7-8-12-25(22)32)28(23-18-26(37-2)27(38-3)19-24(23)30(33)35)31(36)34-15-13-21(14-16-34)17-20-9-5-4-6-10-20/h4-12,18-19,21,28-29H,13-17H2,1-3H3. The highest BCUT2D eigenvalue weighted by atomic mass is 19.1. The fourth-order valence-electron chi connectivity index (χ4n) is 5.92. The number of likely N-dealkylation sites (N-methyl/N-ethyl adjacent to an activating group) is 1. The maximum Gasteiger partial charge on any atom is 0.254 e. The van der Waals surface area contributed by atoms with Crippen molar-refractivity contribution in [3.05, 3.63) is 94.8 Å². The van der Waals surface area contributed by atoms with Crippen molar-refractivity contribution in [3.8, 4) is 11.5 Å². The van der Waals surface area contributed by atoms with E-state index >= 15 is 4.39 Å². The molecule has 2 atom stereocenters. The van der Waals surface area contributed by atoms with E-state index in [0.29, 0.717) is 47.2 Å². The van der Waals surface area contributed by atoms with Crippen LogP contribution in [0.25, 0.3) is 0 Å². The van der Waals surface area contributed by atoms with Gasteiger partial charge in [-0.05, 0) is 54.5 Å². The van der Waals surface area contributed by atoms with Gasteiger partial charge in [0.15, 0.2) is 11.5 Å². The van der Waals surface area contributed by atoms with E-state index in [2.05, 4.69) is 24.3 Å². The molecule has 0 bridgehead atoms. The lowest BCUT2D eigenvalue weighted by atomic mass is 9.78. The summed E-state index contributed by atoms with van der Waals surface area (Å²) in [4.78, 5) is 31.2. The third-order valence-electron chi connectivity index (χ3n) is 7.96. The molecule has 3 aromatic carbocycles. The van der Waals surface area contributed by atoms with Crippen LogP contribution in [-0.2, 0) is 11.2 Å². The molecule has 5 rings (SSSR count). The van der Waals surface area contributed by atoms with Crippen LogP contribution in [0, 0.1) is 11.7 Å². The monoisotopic (exact) mass is 516 g/mol. The van der Waals surface area contributed by atoms with E-state index in [9.17, 15) is 9.59 Å². The molecule has 2 aliphatic rings. The highest BCUT2D eigenvalue weighted by molar-refractivity contribution is 6.02. The van der Waals surface area contributed by atoms with Crippen LogP contribution in [0.1, 0.15) is 51.8 Å². The third kappa shape index (κ3) is 4.73. The van der Waals surface area contributed by atoms with E-state index < -0.39 is 17.8 Å². The number of halogens is 1. The molecule has 0 aliphatic carbocycles. The van der Waals surface area contributed by atoms with Crippen molar-refractivity contribution in [2.45, 2.75) is 31.2 Å². The zero-order valence-corrected chi connectivity index (χ0v) is 22.0. The summed E-state index contributed by atoms with van der Waals surface area (Å²) in [5.74, 6) is -0.295. The Labute approximate surface area is 223 Å². The van der Waals surface area contributed by atoms with Gasteiger partial charge in [-0.1, -0.05) is 48.5 Å². The van der Waals surface area contributed by atoms with E-state index in [-0.39, 0.29) is 11.8 Å². The molecular weight excluding hydrogens is 483 g/mol. The van der Waals surface area contributed by atoms with E-state index in [1.54, 1.807) is 37.4 Å². The Balaban J connectivity index is 1.50. The number of carbonyl (C=O) groups is 2. The average molecular weight is 517 g/mol. The predicted molar refractivity (Wildman–Crippen MR) is 143 cm³/mol. The van der Waals surface area contributed by atoms with Crippen LogP contribution < -0.4 is 9.47 Å². The number of nitrogens with zero attached hydrogens (tertiary/aromatic N) is 2. The van der Waals surface area contributed by atoms with Crippen molar-refractivity contribution in [1.82, 2.24) is 9.80 Å². The number of benzene rings is 3. The maximum absolute atomic E-state index is 15.1. The number of rotatable bonds is 6. The van der Waals surface area contributed by atoms with Gasteiger partial charge in [-0.25, -0.2) is 4.39 Å². The number of methoxy groups -OCH3 is 2. The van der Waals surface area contributed by atoms with Crippen molar-refractivity contribution in [3.63, 3.8) is 0 Å². The Morgan fingerprint density at radius 2 is 1.55 bits per heavy atom. The topological polar surface area (TPSA) is 59.1 Å². The average Bonchev–Trinajstić information content (AvgIpc) is 2.95. The zero-order chi connectivity index (χ0) is 26.8. The quantitative estimate of drug-likeness (QED) is 0.450. The maximum atomic E-state index is 15.1. The molecule has 2 heterocycles. The largest absolute Gasteiger partial charge is 0.493 e. The minimum absolute atomic E-state index is 0.107. The summed E-state index contributed by atoms with van der Waals surface area (Å²) in [7, 11) is 4.65. The van der Waals surface area contributed by atoms with Gasteiger partial charge in [0, 0.05) is 31.3 Å². The molecule has 0 radical (unpaired) electrons. The van der Waals surface area contributed by atoms with Crippen LogP contribution in [-0.4, -0.2) is 56.0 Å². The SMILES string of the molecule is COc1cc2c(cc1OC)C(C(=O)N1CCC(Cc3ccccc3)CC1)C(c1ccccc1F)N(C)C2=O. The van der Waals surface area contributed by atoms with Crippen molar-refractivity contribution >= 4 is 11.8 Å². The molecule has 6 nitrogen and oxygen atoms in total. The summed E-state index contributed by atoms with van der Waals surface area (Å²) in [5.41, 5.74) is 2.53. The van der Waals surface area contributed by atoms with Crippen molar-refractivity contribution in [2.24, 2.45) is 5.92 Å². The first-order valence-corrected chi connectivity index (χ1v) is 13.0. The summed E-state index contributed by atoms with van der Waals surface area (Å²) in [6, 6.07) is 19.3. The Morgan fingerprint density at radius 3 is 2.21 bits per heavy atom. The van der Waals surface area contributed by atoms with Gasteiger partial charge in [0.1, 0.15) is 5.82 Å². The summed E-state index contributed by atoms with van der Waals surface area (Å²) in [6.45, 7) is 1.24. The smallest absolute Gasteiger partial charge is 0.254 e. The molecule has 38 heavy (non-hydrogen) atoms. The summed E-state index contributed by atoms with van der Waals surface area (Å²) in [5, 5.41) is 0. The molecule has 2 amide bonds. The molecule has 2 unspecified atom stereocenters. The molecule has 0 N–H and O–H groups in total. The first-order valence-electron chi connectivity index (χ1n) is 13.0. The van der Waals surface area contributed by atoms with Crippen molar-refractivity contribution in [1.29, 1.82) is 0 Å². The number of fused-ring (bicyclic) bond motifs is 1. The summed E-state index contributed by atoms with van der Waals surface area (Å²) >= 11 is 0. The molecule has 2 aliphatic heterocycles. The first-order chi connectivity index (χ1) is 18.4. The summed E-state index contributed by atoms with van der Waals surface area (Å²) < 4.78 is 26.1. The fourth-order valence-corrected chi connectivity index (χ4v) is 5.92. The lowest BCUT2D eigenvalue weighted by molar-refractivity contribution is -0.136. The van der Waals surface area contributed by atoms with Gasteiger partial charge in [-0.3, -0.25) is 9.59 Å². The van der Waals surface area contributed by atoms with Crippen LogP contribution >= 0.6 is 0 Å². The highest BCUT2D eigenvalue weighted by Gasteiger charge is 2.46. The third-order valence-corrected chi connectivity index (χ3v) is 7.96. The zero-order valence-electron chi connectivity index (χ0n) is 22.0. The number of carbonyl (C=O) groups excluding carboxylic acids is 2. The lowest BCUT2D eigenvalue weighted by Crippen LogP contribution is -2.49. The van der Waals surface area contributed by atoms with E-state index in [0.717, 1.165) is 19.3 Å². The van der Waals surface area contributed by atoms with E-state index in [4.69, 9.17) is 9.47 Å². The lowest BCUT2D eigenvalue weighted by Gasteiger charge is -2.43. The highest BCUT2D eigenvalue weighted by Crippen LogP contribution is 2.47. The van der Waals surface area contributed by atoms with Gasteiger partial charge in [-0.15, -0.1) is 0 Å². The molecule has 1 fully saturated rings. The van der Waals surface area contributed by atoms with Gasteiger partial charge in [-0.2, -0.15) is 0 Å². The molecule has 0 saturated carbocycles. The number of piperidine rings is 1. The predicted octanol–water partition coefficient (Wildman–Crippen LogP) is 5.23. The fraction of sp³-hybridized carbons (Fsp3) is 0.355. The normalized spacial score (nSPS) is 19.7. The molecule has 3 aromatic rings. The summed E-state index contributed by atoms with van der Waals surface area (Å²) in [6.07, 6.45) is 2.78. The van der Waals surface area contributed by atoms with Gasteiger partial charge in [0.05, 0.1) is 26.2 Å². The van der Waals surface area contributed by atoms with Crippen LogP contribution in [0.3, 0.4) is 0 Å². The molecule has 0 aromatic heterocycles. The number of amides is 2. The number of hydrogen-bond donors (Lipinski definition) is 0. The Kier molecular flexibility index (Phi) is 7.36. The second kappa shape index (κ2) is 10.9. The van der Waals surface area contributed by atoms with Crippen LogP contribution in [0.2, 0.25) is 0 Å². The minimum Gasteiger partial charge on any atom is -0.493 e. The Morgan fingerprint density at radius 1 is 0.921 bits per heavy atom. The first kappa shape index (κ1) is 25.8. The van der Waals surface area contributed by atoms with Crippen LogP contribution in [0.15, 0.2) is 66.7 Å². The van der Waals surface area contributed by atoms with Crippen molar-refractivity contribution < 1.29 is 23.5 Å². The van der Waals surface area contributed by atoms with E-state index in [1.165, 1.54) is 30.7 Å². The molecule has 7 heteroatoms. The van der Waals surface area contributed by atoms with Gasteiger partial charge in [0.2, 0.25) is 5.91 Å². The van der Waals surface area contributed by atoms with Gasteiger partial charge in [0.25, 0.3) is 5.91 Å². The van der Waals surface area contributed by atoms with Crippen molar-refractivity contribution in [2.75, 3.05) is 34.4 Å². The molecule has 0 spiro atoms. The molecule has 1 saturated heterocycles. The minimum atomic E-state index is -0.788. The number of likely N-dealkylation sites (tertiary alicyclic amines) is 1. The second-order valence-corrected chi connectivity index (χ2v) is 10.1. The molecular formula is C31H33FN2O4. The van der Waals surface area contributed by atoms with E-state index in [1.807, 2.05) is 11.0 Å². The second-order valence-electron chi connectivity index (χ2n) is 10.1.